The molecule has 3 saturated heterocycles. The molecule has 0 saturated carbocycles. The van der Waals surface area contributed by atoms with Crippen LogP contribution in [0.25, 0.3) is 0 Å². The molecule has 0 spiro atoms. The molecule has 4 heterocycles. The van der Waals surface area contributed by atoms with E-state index in [1.807, 2.05) is 97.2 Å². The van der Waals surface area contributed by atoms with Crippen LogP contribution in [0.2, 0.25) is 0 Å². The van der Waals surface area contributed by atoms with Crippen molar-refractivity contribution in [3.05, 3.63) is 120 Å². The van der Waals surface area contributed by atoms with Crippen LogP contribution in [0.15, 0.2) is 108 Å². The molecule has 3 fully saturated rings. The molecule has 2 aromatic rings. The third kappa shape index (κ3) is 10.5. The van der Waals surface area contributed by atoms with Gasteiger partial charge in [-0.15, -0.1) is 0 Å². The molecule has 1 aliphatic carbocycles. The van der Waals surface area contributed by atoms with Gasteiger partial charge in [0.1, 0.15) is 18.0 Å². The quantitative estimate of drug-likeness (QED) is 0.259. The number of nitrogens with zero attached hydrogens (tertiary/aromatic N) is 2. The van der Waals surface area contributed by atoms with Gasteiger partial charge in [-0.3, -0.25) is 24.0 Å². The summed E-state index contributed by atoms with van der Waals surface area (Å²) in [5, 5.41) is 15.3. The summed E-state index contributed by atoms with van der Waals surface area (Å²) in [4.78, 5) is 75.4. The molecule has 12 nitrogen and oxygen atoms in total. The van der Waals surface area contributed by atoms with Crippen molar-refractivity contribution >= 4 is 29.5 Å². The van der Waals surface area contributed by atoms with Crippen LogP contribution in [0.1, 0.15) is 56.1 Å². The Labute approximate surface area is 335 Å². The van der Waals surface area contributed by atoms with Crippen LogP contribution in [-0.4, -0.2) is 102 Å². The second kappa shape index (κ2) is 19.1. The molecule has 5 aliphatic rings. The molecule has 4 aliphatic heterocycles. The molecular weight excluding hydrogens is 719 g/mol. The van der Waals surface area contributed by atoms with Gasteiger partial charge < -0.3 is 36.4 Å². The van der Waals surface area contributed by atoms with Crippen LogP contribution in [0.4, 0.5) is 0 Å². The Kier molecular flexibility index (Phi) is 13.3. The molecule has 5 atom stereocenters. The van der Waals surface area contributed by atoms with Crippen molar-refractivity contribution in [2.24, 2.45) is 5.92 Å². The molecule has 7 rings (SSSR count). The second-order valence-electron chi connectivity index (χ2n) is 15.8. The fourth-order valence-electron chi connectivity index (χ4n) is 8.68. The minimum Gasteiger partial charge on any atom is -0.380 e. The van der Waals surface area contributed by atoms with Crippen LogP contribution < -0.4 is 26.6 Å². The normalized spacial score (nSPS) is 26.7. The topological polar surface area (TPSA) is 152 Å². The lowest BCUT2D eigenvalue weighted by atomic mass is 9.94. The first-order chi connectivity index (χ1) is 27.8. The summed E-state index contributed by atoms with van der Waals surface area (Å²) >= 11 is 0. The Bertz CT molecular complexity index is 1880. The van der Waals surface area contributed by atoms with Gasteiger partial charge in [0.2, 0.25) is 29.5 Å². The average molecular weight is 774 g/mol. The number of hydrogen-bond donors (Lipinski definition) is 5. The number of likely N-dealkylation sites (tertiary alicyclic amines) is 2. The number of nitrogens with one attached hydrogen (secondary N) is 5. The zero-order chi connectivity index (χ0) is 39.6. The van der Waals surface area contributed by atoms with Crippen molar-refractivity contribution in [3.8, 4) is 0 Å². The molecular formula is C45H55N7O5. The van der Waals surface area contributed by atoms with Crippen molar-refractivity contribution in [1.82, 2.24) is 36.4 Å². The van der Waals surface area contributed by atoms with Crippen molar-refractivity contribution in [3.63, 3.8) is 0 Å². The van der Waals surface area contributed by atoms with Crippen molar-refractivity contribution < 1.29 is 24.0 Å². The fourth-order valence-corrected chi connectivity index (χ4v) is 8.68. The van der Waals surface area contributed by atoms with Crippen molar-refractivity contribution in [2.75, 3.05) is 32.7 Å². The third-order valence-corrected chi connectivity index (χ3v) is 11.8. The molecule has 0 bridgehead atoms. The minimum absolute atomic E-state index is 0.0247. The van der Waals surface area contributed by atoms with E-state index in [9.17, 15) is 24.0 Å². The standard InChI is InChI=1S/C45H55N7O5/c53-41-28-37(45(57)52-23-19-35(20-24-52)51-21-11-4-12-22-51)42(54)47-30-34(25-31-13-5-1-6-14-31)48-43(55)39(26-32-15-7-2-8-16-32)50-44(56)40(49-41)27-33-29-46-38-18-10-3-9-17-36(33)38/h1-3,5-10,13-18,29,34-35,37-40,46H,4,11-12,19-28,30H2,(H,47,54)(H,48,55)(H,49,53)(H,50,56)/t34-,37?,38?,39-,40?/m1/s1. The van der Waals surface area contributed by atoms with Crippen molar-refractivity contribution in [2.45, 2.75) is 88.0 Å². The predicted molar refractivity (Wildman–Crippen MR) is 218 cm³/mol. The number of benzene rings is 2. The van der Waals surface area contributed by atoms with Gasteiger partial charge in [0.15, 0.2) is 0 Å². The SMILES string of the molecule is O=C1CC(C(=O)N2CCC(N3CCCCC3)CC2)C(=O)NC[C@@H](Cc2ccccc2)NC(=O)[C@@H](Cc2ccccc2)NC(=O)C(CC2=CNC3C=CC=CC=C23)N1. The van der Waals surface area contributed by atoms with E-state index < -0.39 is 60.0 Å². The highest BCUT2D eigenvalue weighted by Gasteiger charge is 2.38. The first kappa shape index (κ1) is 39.7. The molecule has 57 heavy (non-hydrogen) atoms. The second-order valence-corrected chi connectivity index (χ2v) is 15.8. The van der Waals surface area contributed by atoms with Gasteiger partial charge in [-0.1, -0.05) is 97.5 Å². The largest absolute Gasteiger partial charge is 0.380 e. The van der Waals surface area contributed by atoms with E-state index in [-0.39, 0.29) is 25.4 Å². The lowest BCUT2D eigenvalue weighted by Crippen LogP contribution is -2.58. The highest BCUT2D eigenvalue weighted by molar-refractivity contribution is 6.04. The van der Waals surface area contributed by atoms with E-state index in [1.54, 1.807) is 4.90 Å². The molecule has 0 radical (unpaired) electrons. The van der Waals surface area contributed by atoms with Crippen LogP contribution in [-0.2, 0) is 36.8 Å². The number of rotatable bonds is 8. The molecule has 2 aromatic carbocycles. The predicted octanol–water partition coefficient (Wildman–Crippen LogP) is 2.84. The van der Waals surface area contributed by atoms with Gasteiger partial charge in [-0.2, -0.15) is 0 Å². The summed E-state index contributed by atoms with van der Waals surface area (Å²) in [5.41, 5.74) is 3.58. The molecule has 5 N–H and O–H groups in total. The number of hydrogen-bond acceptors (Lipinski definition) is 7. The Morgan fingerprint density at radius 2 is 1.35 bits per heavy atom. The van der Waals surface area contributed by atoms with E-state index in [2.05, 4.69) is 31.5 Å². The number of piperidine rings is 2. The monoisotopic (exact) mass is 773 g/mol. The van der Waals surface area contributed by atoms with Gasteiger partial charge in [0.25, 0.3) is 0 Å². The zero-order valence-corrected chi connectivity index (χ0v) is 32.5. The number of fused-ring (bicyclic) bond motifs is 1. The lowest BCUT2D eigenvalue weighted by molar-refractivity contribution is -0.146. The summed E-state index contributed by atoms with van der Waals surface area (Å²) in [6.07, 6.45) is 17.2. The summed E-state index contributed by atoms with van der Waals surface area (Å²) in [5.74, 6) is -3.82. The maximum absolute atomic E-state index is 14.4. The maximum Gasteiger partial charge on any atom is 0.243 e. The van der Waals surface area contributed by atoms with E-state index in [0.29, 0.717) is 25.6 Å². The Hall–Kier alpha value is -5.49. The van der Waals surface area contributed by atoms with E-state index in [0.717, 1.165) is 48.2 Å². The summed E-state index contributed by atoms with van der Waals surface area (Å²) in [6.45, 7) is 3.18. The number of carbonyl (C=O) groups is 5. The van der Waals surface area contributed by atoms with Crippen LogP contribution in [0.5, 0.6) is 0 Å². The first-order valence-electron chi connectivity index (χ1n) is 20.6. The average Bonchev–Trinajstić information content (AvgIpc) is 3.45. The summed E-state index contributed by atoms with van der Waals surface area (Å²) < 4.78 is 0. The third-order valence-electron chi connectivity index (χ3n) is 11.8. The highest BCUT2D eigenvalue weighted by atomic mass is 16.2. The summed E-state index contributed by atoms with van der Waals surface area (Å²) in [7, 11) is 0. The van der Waals surface area contributed by atoms with Gasteiger partial charge in [-0.25, -0.2) is 0 Å². The molecule has 3 unspecified atom stereocenters. The maximum atomic E-state index is 14.4. The first-order valence-corrected chi connectivity index (χ1v) is 20.6. The molecule has 300 valence electrons. The smallest absolute Gasteiger partial charge is 0.243 e. The Balaban J connectivity index is 1.16. The highest BCUT2D eigenvalue weighted by Crippen LogP contribution is 2.28. The minimum atomic E-state index is -1.31. The van der Waals surface area contributed by atoms with Gasteiger partial charge in [-0.05, 0) is 67.5 Å². The Morgan fingerprint density at radius 1 is 0.684 bits per heavy atom. The Morgan fingerprint density at radius 3 is 2.07 bits per heavy atom. The molecule has 5 amide bonds. The van der Waals surface area contributed by atoms with Crippen LogP contribution in [0, 0.1) is 5.92 Å². The van der Waals surface area contributed by atoms with Gasteiger partial charge in [0.05, 0.1) is 12.1 Å². The number of carbonyl (C=O) groups excluding carboxylic acids is 5. The molecule has 12 heteroatoms. The van der Waals surface area contributed by atoms with Gasteiger partial charge >= 0.3 is 0 Å². The summed E-state index contributed by atoms with van der Waals surface area (Å²) in [6, 6.07) is 16.7. The van der Waals surface area contributed by atoms with Gasteiger partial charge in [0, 0.05) is 51.1 Å². The number of amides is 5. The van der Waals surface area contributed by atoms with E-state index in [1.165, 1.54) is 19.3 Å². The van der Waals surface area contributed by atoms with Crippen molar-refractivity contribution in [1.29, 1.82) is 0 Å². The van der Waals surface area contributed by atoms with E-state index in [4.69, 9.17) is 0 Å². The van der Waals surface area contributed by atoms with Crippen LogP contribution in [0.3, 0.4) is 0 Å². The lowest BCUT2D eigenvalue weighted by Gasteiger charge is -2.40. The fraction of sp³-hybridized carbons (Fsp3) is 0.444. The molecule has 0 aromatic heterocycles. The van der Waals surface area contributed by atoms with Crippen LogP contribution >= 0.6 is 0 Å². The number of allylic oxidation sites excluding steroid dienone is 4. The zero-order valence-electron chi connectivity index (χ0n) is 32.5. The van der Waals surface area contributed by atoms with E-state index >= 15 is 0 Å².